The second-order valence-electron chi connectivity index (χ2n) is 6.32. The lowest BCUT2D eigenvalue weighted by atomic mass is 9.92. The predicted octanol–water partition coefficient (Wildman–Crippen LogP) is 2.73. The smallest absolute Gasteiger partial charge is 0.193 e. The van der Waals surface area contributed by atoms with Crippen molar-refractivity contribution in [2.45, 2.75) is 46.5 Å². The molecule has 18 heavy (non-hydrogen) atoms. The molecule has 1 aliphatic heterocycles. The van der Waals surface area contributed by atoms with E-state index in [1.807, 2.05) is 0 Å². The van der Waals surface area contributed by atoms with E-state index in [0.717, 1.165) is 36.8 Å². The van der Waals surface area contributed by atoms with E-state index in [9.17, 15) is 0 Å². The van der Waals surface area contributed by atoms with Crippen LogP contribution in [0.3, 0.4) is 0 Å². The lowest BCUT2D eigenvalue weighted by molar-refractivity contribution is 0.208. The number of aliphatic imine (C=N–C) groups is 1. The van der Waals surface area contributed by atoms with Crippen molar-refractivity contribution >= 4 is 5.96 Å². The summed E-state index contributed by atoms with van der Waals surface area (Å²) in [7, 11) is 0. The van der Waals surface area contributed by atoms with E-state index in [2.05, 4.69) is 31.0 Å². The molecule has 2 unspecified atom stereocenters. The Labute approximate surface area is 112 Å². The lowest BCUT2D eigenvalue weighted by Crippen LogP contribution is -2.48. The monoisotopic (exact) mass is 251 g/mol. The summed E-state index contributed by atoms with van der Waals surface area (Å²) in [5.41, 5.74) is 0. The van der Waals surface area contributed by atoms with Crippen LogP contribution in [-0.2, 0) is 0 Å². The lowest BCUT2D eigenvalue weighted by Gasteiger charge is -2.37. The summed E-state index contributed by atoms with van der Waals surface area (Å²) in [6, 6.07) is 0. The predicted molar refractivity (Wildman–Crippen MR) is 77.8 cm³/mol. The Morgan fingerprint density at radius 1 is 1.22 bits per heavy atom. The average Bonchev–Trinajstić information content (AvgIpc) is 3.10. The van der Waals surface area contributed by atoms with Gasteiger partial charge in [-0.25, -0.2) is 0 Å². The van der Waals surface area contributed by atoms with Crippen LogP contribution in [0.5, 0.6) is 0 Å². The highest BCUT2D eigenvalue weighted by Crippen LogP contribution is 2.32. The minimum atomic E-state index is 0.793. The van der Waals surface area contributed by atoms with Crippen LogP contribution in [0.25, 0.3) is 0 Å². The molecule has 2 atom stereocenters. The standard InChI is InChI=1S/C15H29N3/c1-4-16-15(17-8-7-14-5-6-14)18-10-12(2)9-13(3)11-18/h12-14H,4-11H2,1-3H3,(H,16,17). The molecule has 1 saturated carbocycles. The summed E-state index contributed by atoms with van der Waals surface area (Å²) in [6.07, 6.45) is 5.51. The summed E-state index contributed by atoms with van der Waals surface area (Å²) in [5, 5.41) is 3.46. The van der Waals surface area contributed by atoms with E-state index in [1.54, 1.807) is 0 Å². The van der Waals surface area contributed by atoms with Crippen molar-refractivity contribution in [2.24, 2.45) is 22.7 Å². The third kappa shape index (κ3) is 4.18. The first kappa shape index (κ1) is 13.7. The van der Waals surface area contributed by atoms with Gasteiger partial charge in [-0.3, -0.25) is 4.99 Å². The van der Waals surface area contributed by atoms with Gasteiger partial charge in [0, 0.05) is 26.2 Å². The van der Waals surface area contributed by atoms with Crippen molar-refractivity contribution in [2.75, 3.05) is 26.2 Å². The molecule has 104 valence electrons. The van der Waals surface area contributed by atoms with Crippen LogP contribution in [0.4, 0.5) is 0 Å². The highest BCUT2D eigenvalue weighted by atomic mass is 15.3. The summed E-state index contributed by atoms with van der Waals surface area (Å²) in [6.45, 7) is 11.2. The maximum absolute atomic E-state index is 4.82. The molecule has 0 aromatic heterocycles. The maximum Gasteiger partial charge on any atom is 0.193 e. The van der Waals surface area contributed by atoms with E-state index >= 15 is 0 Å². The SMILES string of the molecule is CCNC(=NCCC1CC1)N1CC(C)CC(C)C1. The highest BCUT2D eigenvalue weighted by Gasteiger charge is 2.24. The second kappa shape index (κ2) is 6.44. The van der Waals surface area contributed by atoms with Crippen LogP contribution >= 0.6 is 0 Å². The Hall–Kier alpha value is -0.730. The zero-order valence-corrected chi connectivity index (χ0v) is 12.3. The number of hydrogen-bond acceptors (Lipinski definition) is 1. The van der Waals surface area contributed by atoms with Crippen LogP contribution in [0.15, 0.2) is 4.99 Å². The van der Waals surface area contributed by atoms with Crippen LogP contribution in [-0.4, -0.2) is 37.0 Å². The molecule has 1 aliphatic carbocycles. The van der Waals surface area contributed by atoms with Gasteiger partial charge in [-0.1, -0.05) is 26.7 Å². The molecular formula is C15H29N3. The van der Waals surface area contributed by atoms with Gasteiger partial charge in [0.1, 0.15) is 0 Å². The second-order valence-corrected chi connectivity index (χ2v) is 6.32. The quantitative estimate of drug-likeness (QED) is 0.614. The maximum atomic E-state index is 4.82. The molecule has 1 heterocycles. The van der Waals surface area contributed by atoms with Crippen molar-refractivity contribution < 1.29 is 0 Å². The van der Waals surface area contributed by atoms with Gasteiger partial charge in [0.05, 0.1) is 0 Å². The molecule has 2 fully saturated rings. The van der Waals surface area contributed by atoms with Crippen molar-refractivity contribution in [3.05, 3.63) is 0 Å². The summed E-state index contributed by atoms with van der Waals surface area (Å²) >= 11 is 0. The molecule has 2 rings (SSSR count). The first-order chi connectivity index (χ1) is 8.69. The summed E-state index contributed by atoms with van der Waals surface area (Å²) in [5.74, 6) is 3.72. The Balaban J connectivity index is 1.89. The van der Waals surface area contributed by atoms with Gasteiger partial charge in [-0.15, -0.1) is 0 Å². The molecule has 3 heteroatoms. The topological polar surface area (TPSA) is 27.6 Å². The largest absolute Gasteiger partial charge is 0.357 e. The number of rotatable bonds is 4. The highest BCUT2D eigenvalue weighted by molar-refractivity contribution is 5.80. The van der Waals surface area contributed by atoms with Crippen molar-refractivity contribution in [3.63, 3.8) is 0 Å². The molecule has 1 saturated heterocycles. The molecular weight excluding hydrogens is 222 g/mol. The average molecular weight is 251 g/mol. The molecule has 0 amide bonds. The first-order valence-electron chi connectivity index (χ1n) is 7.72. The molecule has 0 radical (unpaired) electrons. The third-order valence-electron chi connectivity index (χ3n) is 4.00. The van der Waals surface area contributed by atoms with Crippen LogP contribution < -0.4 is 5.32 Å². The van der Waals surface area contributed by atoms with Crippen LogP contribution in [0.2, 0.25) is 0 Å². The molecule has 0 aromatic rings. The fourth-order valence-corrected chi connectivity index (χ4v) is 3.02. The van der Waals surface area contributed by atoms with E-state index in [-0.39, 0.29) is 0 Å². The van der Waals surface area contributed by atoms with Gasteiger partial charge in [-0.2, -0.15) is 0 Å². The van der Waals surface area contributed by atoms with Gasteiger partial charge in [0.2, 0.25) is 0 Å². The summed E-state index contributed by atoms with van der Waals surface area (Å²) < 4.78 is 0. The van der Waals surface area contributed by atoms with Gasteiger partial charge in [0.25, 0.3) is 0 Å². The van der Waals surface area contributed by atoms with E-state index in [1.165, 1.54) is 38.8 Å². The van der Waals surface area contributed by atoms with E-state index in [0.29, 0.717) is 0 Å². The van der Waals surface area contributed by atoms with Crippen LogP contribution in [0, 0.1) is 17.8 Å². The van der Waals surface area contributed by atoms with Gasteiger partial charge in [0.15, 0.2) is 5.96 Å². The Morgan fingerprint density at radius 2 is 1.89 bits per heavy atom. The van der Waals surface area contributed by atoms with Gasteiger partial charge < -0.3 is 10.2 Å². The Kier molecular flexibility index (Phi) is 4.90. The molecule has 3 nitrogen and oxygen atoms in total. The number of hydrogen-bond donors (Lipinski definition) is 1. The molecule has 1 N–H and O–H groups in total. The molecule has 0 aromatic carbocycles. The third-order valence-corrected chi connectivity index (χ3v) is 4.00. The van der Waals surface area contributed by atoms with Gasteiger partial charge in [-0.05, 0) is 37.5 Å². The van der Waals surface area contributed by atoms with Gasteiger partial charge >= 0.3 is 0 Å². The molecule has 0 spiro atoms. The molecule has 0 bridgehead atoms. The first-order valence-corrected chi connectivity index (χ1v) is 7.72. The van der Waals surface area contributed by atoms with E-state index in [4.69, 9.17) is 4.99 Å². The number of piperidine rings is 1. The zero-order valence-electron chi connectivity index (χ0n) is 12.3. The van der Waals surface area contributed by atoms with Crippen LogP contribution in [0.1, 0.15) is 46.5 Å². The minimum absolute atomic E-state index is 0.793. The number of guanidine groups is 1. The normalized spacial score (nSPS) is 29.5. The molecule has 2 aliphatic rings. The fourth-order valence-electron chi connectivity index (χ4n) is 3.02. The van der Waals surface area contributed by atoms with Crippen molar-refractivity contribution in [1.82, 2.24) is 10.2 Å². The Morgan fingerprint density at radius 3 is 2.44 bits per heavy atom. The number of nitrogens with zero attached hydrogens (tertiary/aromatic N) is 2. The van der Waals surface area contributed by atoms with E-state index < -0.39 is 0 Å². The Bertz CT molecular complexity index is 273. The van der Waals surface area contributed by atoms with Crippen molar-refractivity contribution in [1.29, 1.82) is 0 Å². The van der Waals surface area contributed by atoms with Crippen molar-refractivity contribution in [3.8, 4) is 0 Å². The summed E-state index contributed by atoms with van der Waals surface area (Å²) in [4.78, 5) is 7.29. The number of nitrogens with one attached hydrogen (secondary N) is 1. The number of likely N-dealkylation sites (tertiary alicyclic amines) is 1. The minimum Gasteiger partial charge on any atom is -0.357 e. The fraction of sp³-hybridized carbons (Fsp3) is 0.933. The zero-order chi connectivity index (χ0) is 13.0.